The summed E-state index contributed by atoms with van der Waals surface area (Å²) in [5.74, 6) is 0.628. The van der Waals surface area contributed by atoms with Gasteiger partial charge in [-0.15, -0.1) is 11.3 Å². The van der Waals surface area contributed by atoms with E-state index in [-0.39, 0.29) is 17.0 Å². The normalized spacial score (nSPS) is 13.1. The van der Waals surface area contributed by atoms with Crippen molar-refractivity contribution in [2.24, 2.45) is 5.41 Å². The highest BCUT2D eigenvalue weighted by molar-refractivity contribution is 7.07. The lowest BCUT2D eigenvalue weighted by molar-refractivity contribution is -0.384. The molecule has 0 aliphatic heterocycles. The lowest BCUT2D eigenvalue weighted by Crippen LogP contribution is -2.22. The number of para-hydroxylation sites is 1. The molecule has 0 bridgehead atoms. The molecule has 3 aromatic rings. The smallest absolute Gasteiger partial charge is 0.280 e. The number of Topliss-reactive ketones (excluding diaryl/α,β-unsaturated/α-hetero) is 1. The molecule has 0 atom stereocenters. The number of rotatable bonds is 4. The predicted molar refractivity (Wildman–Crippen MR) is 107 cm³/mol. The number of carbonyl (C=O) groups excluding carboxylic acids is 1. The zero-order chi connectivity index (χ0) is 20.5. The fraction of sp³-hybridized carbons (Fsp3) is 0.200. The minimum atomic E-state index is -0.537. The molecule has 8 heteroatoms. The molecular formula is C20H18N2O5S. The topological polar surface area (TPSA) is 106 Å². The summed E-state index contributed by atoms with van der Waals surface area (Å²) in [7, 11) is 0. The first-order chi connectivity index (χ1) is 13.1. The van der Waals surface area contributed by atoms with Gasteiger partial charge in [0.2, 0.25) is 0 Å². The van der Waals surface area contributed by atoms with Crippen LogP contribution in [-0.4, -0.2) is 15.7 Å². The van der Waals surface area contributed by atoms with Gasteiger partial charge < -0.3 is 9.40 Å². The van der Waals surface area contributed by atoms with Gasteiger partial charge in [-0.25, -0.2) is 0 Å². The number of ketones is 1. The van der Waals surface area contributed by atoms with Crippen LogP contribution in [0.5, 0.6) is 0 Å². The minimum absolute atomic E-state index is 0.0602. The first-order valence-electron chi connectivity index (χ1n) is 8.46. The molecule has 0 saturated carbocycles. The zero-order valence-electron chi connectivity index (χ0n) is 15.5. The molecule has 0 unspecified atom stereocenters. The third-order valence-corrected chi connectivity index (χ3v) is 4.91. The Morgan fingerprint density at radius 3 is 2.61 bits per heavy atom. The lowest BCUT2D eigenvalue weighted by Gasteiger charge is -2.12. The Bertz CT molecular complexity index is 1220. The van der Waals surface area contributed by atoms with Gasteiger partial charge in [0.15, 0.2) is 5.78 Å². The fourth-order valence-electron chi connectivity index (χ4n) is 2.41. The average Bonchev–Trinajstić information content (AvgIpc) is 3.21. The predicted octanol–water partition coefficient (Wildman–Crippen LogP) is 2.83. The SMILES string of the molecule is CC(C)(C)C(=O)/C=c1\[nH]c(=O)/c(=C\c2ccc(-c3ccccc3[N+](=O)[O-])o2)s1. The molecule has 0 fully saturated rings. The van der Waals surface area contributed by atoms with Gasteiger partial charge in [-0.3, -0.25) is 19.7 Å². The number of carbonyl (C=O) groups is 1. The molecule has 0 amide bonds. The van der Waals surface area contributed by atoms with Crippen LogP contribution in [0.2, 0.25) is 0 Å². The summed E-state index contributed by atoms with van der Waals surface area (Å²) < 4.78 is 6.51. The maximum absolute atomic E-state index is 12.2. The first kappa shape index (κ1) is 19.5. The van der Waals surface area contributed by atoms with E-state index in [4.69, 9.17) is 4.42 Å². The highest BCUT2D eigenvalue weighted by atomic mass is 32.1. The second-order valence-corrected chi connectivity index (χ2v) is 8.25. The van der Waals surface area contributed by atoms with E-state index in [0.717, 1.165) is 11.3 Å². The molecule has 0 saturated heterocycles. The van der Waals surface area contributed by atoms with E-state index in [9.17, 15) is 19.7 Å². The molecule has 3 rings (SSSR count). The van der Waals surface area contributed by atoms with E-state index < -0.39 is 10.3 Å². The minimum Gasteiger partial charge on any atom is -0.456 e. The van der Waals surface area contributed by atoms with Gasteiger partial charge >= 0.3 is 0 Å². The Kier molecular flexibility index (Phi) is 5.15. The molecule has 0 radical (unpaired) electrons. The van der Waals surface area contributed by atoms with Gasteiger partial charge in [-0.05, 0) is 18.2 Å². The Labute approximate surface area is 163 Å². The van der Waals surface area contributed by atoms with E-state index >= 15 is 0 Å². The molecular weight excluding hydrogens is 380 g/mol. The van der Waals surface area contributed by atoms with Crippen LogP contribution >= 0.6 is 11.3 Å². The van der Waals surface area contributed by atoms with E-state index in [1.807, 2.05) is 0 Å². The number of nitrogens with one attached hydrogen (secondary N) is 1. The first-order valence-corrected chi connectivity index (χ1v) is 9.27. The number of benzene rings is 1. The van der Waals surface area contributed by atoms with Gasteiger partial charge in [0, 0.05) is 23.6 Å². The van der Waals surface area contributed by atoms with Crippen LogP contribution in [0.25, 0.3) is 23.5 Å². The van der Waals surface area contributed by atoms with Crippen LogP contribution in [0.4, 0.5) is 5.69 Å². The summed E-state index contributed by atoms with van der Waals surface area (Å²) in [6.45, 7) is 5.41. The van der Waals surface area contributed by atoms with Crippen molar-refractivity contribution in [2.45, 2.75) is 20.8 Å². The van der Waals surface area contributed by atoms with Crippen LogP contribution in [-0.2, 0) is 4.79 Å². The van der Waals surface area contributed by atoms with Crippen molar-refractivity contribution >= 4 is 35.0 Å². The molecule has 2 aromatic heterocycles. The van der Waals surface area contributed by atoms with Crippen LogP contribution < -0.4 is 14.8 Å². The van der Waals surface area contributed by atoms with E-state index in [2.05, 4.69) is 4.98 Å². The van der Waals surface area contributed by atoms with Crippen molar-refractivity contribution < 1.29 is 14.1 Å². The van der Waals surface area contributed by atoms with Gasteiger partial charge in [0.25, 0.3) is 11.2 Å². The van der Waals surface area contributed by atoms with Gasteiger partial charge in [-0.1, -0.05) is 32.9 Å². The molecule has 28 heavy (non-hydrogen) atoms. The number of furan rings is 1. The number of thiazole rings is 1. The van der Waals surface area contributed by atoms with Crippen LogP contribution in [0, 0.1) is 15.5 Å². The van der Waals surface area contributed by atoms with Crippen molar-refractivity contribution in [3.8, 4) is 11.3 Å². The quantitative estimate of drug-likeness (QED) is 0.537. The summed E-state index contributed by atoms with van der Waals surface area (Å²) in [6, 6.07) is 9.52. The highest BCUT2D eigenvalue weighted by Gasteiger charge is 2.19. The summed E-state index contributed by atoms with van der Waals surface area (Å²) in [5.41, 5.74) is -0.570. The van der Waals surface area contributed by atoms with Crippen molar-refractivity contribution in [1.82, 2.24) is 4.98 Å². The molecule has 0 aliphatic carbocycles. The summed E-state index contributed by atoms with van der Waals surface area (Å²) in [4.78, 5) is 37.6. The van der Waals surface area contributed by atoms with E-state index in [1.165, 1.54) is 12.1 Å². The van der Waals surface area contributed by atoms with Gasteiger partial charge in [0.1, 0.15) is 11.5 Å². The highest BCUT2D eigenvalue weighted by Crippen LogP contribution is 2.30. The van der Waals surface area contributed by atoms with E-state index in [1.54, 1.807) is 57.2 Å². The summed E-state index contributed by atoms with van der Waals surface area (Å²) >= 11 is 1.14. The molecule has 2 heterocycles. The van der Waals surface area contributed by atoms with Crippen LogP contribution in [0.15, 0.2) is 45.6 Å². The third kappa shape index (κ3) is 4.17. The van der Waals surface area contributed by atoms with Crippen molar-refractivity contribution in [3.05, 3.63) is 71.8 Å². The number of aromatic nitrogens is 1. The maximum atomic E-state index is 12.2. The van der Waals surface area contributed by atoms with Crippen LogP contribution in [0.1, 0.15) is 26.5 Å². The monoisotopic (exact) mass is 398 g/mol. The number of nitrogens with zero attached hydrogens (tertiary/aromatic N) is 1. The summed E-state index contributed by atoms with van der Waals surface area (Å²) in [5, 5.41) is 11.2. The number of hydrogen-bond donors (Lipinski definition) is 1. The molecule has 0 aliphatic rings. The number of nitro benzene ring substituents is 1. The molecule has 7 nitrogen and oxygen atoms in total. The molecule has 144 valence electrons. The van der Waals surface area contributed by atoms with Crippen molar-refractivity contribution in [1.29, 1.82) is 0 Å². The Balaban J connectivity index is 2.00. The Morgan fingerprint density at radius 2 is 1.93 bits per heavy atom. The zero-order valence-corrected chi connectivity index (χ0v) is 16.3. The Hall–Kier alpha value is -3.26. The number of nitro groups is 1. The summed E-state index contributed by atoms with van der Waals surface area (Å²) in [6.07, 6.45) is 2.96. The second kappa shape index (κ2) is 7.40. The second-order valence-electron chi connectivity index (χ2n) is 7.16. The van der Waals surface area contributed by atoms with Crippen molar-refractivity contribution in [3.63, 3.8) is 0 Å². The van der Waals surface area contributed by atoms with E-state index in [0.29, 0.717) is 26.3 Å². The van der Waals surface area contributed by atoms with Gasteiger partial charge in [-0.2, -0.15) is 0 Å². The third-order valence-electron chi connectivity index (χ3n) is 3.95. The molecule has 1 aromatic carbocycles. The molecule has 0 spiro atoms. The maximum Gasteiger partial charge on any atom is 0.280 e. The van der Waals surface area contributed by atoms with Crippen LogP contribution in [0.3, 0.4) is 0 Å². The van der Waals surface area contributed by atoms with Gasteiger partial charge in [0.05, 0.1) is 19.7 Å². The number of hydrogen-bond acceptors (Lipinski definition) is 6. The molecule has 1 N–H and O–H groups in total. The van der Waals surface area contributed by atoms with Crippen molar-refractivity contribution in [2.75, 3.05) is 0 Å². The number of H-pyrrole nitrogens is 1. The Morgan fingerprint density at radius 1 is 1.21 bits per heavy atom. The standard InChI is InChI=1S/C20H18N2O5S/c1-20(2,3)17(23)11-18-21-19(24)16(28-18)10-12-8-9-15(27-12)13-6-4-5-7-14(13)22(25)26/h4-11H,1-3H3,(H,21,24)/b16-10+,18-11+. The largest absolute Gasteiger partial charge is 0.456 e. The fourth-order valence-corrected chi connectivity index (χ4v) is 3.27. The average molecular weight is 398 g/mol. The lowest BCUT2D eigenvalue weighted by atomic mass is 9.91. The number of aromatic amines is 1.